The van der Waals surface area contributed by atoms with Gasteiger partial charge in [0.15, 0.2) is 0 Å². The second-order valence-corrected chi connectivity index (χ2v) is 10.6. The Balaban J connectivity index is 1.62. The zero-order valence-electron chi connectivity index (χ0n) is 21.6. The van der Waals surface area contributed by atoms with E-state index in [1.165, 1.54) is 0 Å². The second-order valence-electron chi connectivity index (χ2n) is 9.86. The van der Waals surface area contributed by atoms with Crippen molar-refractivity contribution >= 4 is 46.0 Å². The number of halogens is 5. The molecule has 2 heterocycles. The molecule has 0 N–H and O–H groups in total. The van der Waals surface area contributed by atoms with Crippen molar-refractivity contribution in [3.8, 4) is 0 Å². The normalized spacial score (nSPS) is 18.2. The molecular weight excluding hydrogens is 540 g/mol. The van der Waals surface area contributed by atoms with Gasteiger partial charge in [-0.05, 0) is 67.6 Å². The molecule has 204 valence electrons. The van der Waals surface area contributed by atoms with E-state index in [-0.39, 0.29) is 35.2 Å². The SMILES string of the molecule is CCOC(=O)[C@H]1CCN(C(=O)c2ccc(Cl)c(Cc3cc4c(C)cc(C(F)(F)F)cc4n3C)c2Cl)C[C@@H]1C. The molecule has 0 spiro atoms. The van der Waals surface area contributed by atoms with E-state index >= 15 is 0 Å². The Morgan fingerprint density at radius 1 is 1.16 bits per heavy atom. The molecule has 1 aromatic heterocycles. The van der Waals surface area contributed by atoms with Crippen LogP contribution in [-0.4, -0.2) is 41.0 Å². The number of carbonyl (C=O) groups is 2. The van der Waals surface area contributed by atoms with Crippen LogP contribution in [0.5, 0.6) is 0 Å². The van der Waals surface area contributed by atoms with Gasteiger partial charge in [-0.15, -0.1) is 0 Å². The number of amides is 1. The molecule has 1 fully saturated rings. The van der Waals surface area contributed by atoms with Crippen LogP contribution < -0.4 is 0 Å². The van der Waals surface area contributed by atoms with Crippen molar-refractivity contribution in [2.45, 2.75) is 39.8 Å². The highest BCUT2D eigenvalue weighted by Crippen LogP contribution is 2.37. The molecule has 3 aromatic rings. The van der Waals surface area contributed by atoms with E-state index in [9.17, 15) is 22.8 Å². The van der Waals surface area contributed by atoms with Gasteiger partial charge in [0, 0.05) is 48.2 Å². The van der Waals surface area contributed by atoms with E-state index in [0.717, 1.165) is 12.1 Å². The van der Waals surface area contributed by atoms with E-state index in [4.69, 9.17) is 27.9 Å². The lowest BCUT2D eigenvalue weighted by Gasteiger charge is -2.36. The highest BCUT2D eigenvalue weighted by molar-refractivity contribution is 6.38. The number of nitrogens with zero attached hydrogens (tertiary/aromatic N) is 2. The number of rotatable bonds is 5. The van der Waals surface area contributed by atoms with Crippen molar-refractivity contribution in [3.05, 3.63) is 68.3 Å². The molecule has 5 nitrogen and oxygen atoms in total. The van der Waals surface area contributed by atoms with Crippen LogP contribution in [0.4, 0.5) is 13.2 Å². The summed E-state index contributed by atoms with van der Waals surface area (Å²) in [7, 11) is 1.70. The molecule has 38 heavy (non-hydrogen) atoms. The predicted octanol–water partition coefficient (Wildman–Crippen LogP) is 7.06. The van der Waals surface area contributed by atoms with Gasteiger partial charge in [0.25, 0.3) is 5.91 Å². The first-order valence-electron chi connectivity index (χ1n) is 12.4. The summed E-state index contributed by atoms with van der Waals surface area (Å²) < 4.78 is 47.0. The van der Waals surface area contributed by atoms with E-state index in [0.29, 0.717) is 64.4 Å². The number of hydrogen-bond donors (Lipinski definition) is 0. The average Bonchev–Trinajstić information content (AvgIpc) is 3.16. The first-order valence-corrected chi connectivity index (χ1v) is 13.2. The van der Waals surface area contributed by atoms with Crippen molar-refractivity contribution in [2.75, 3.05) is 19.7 Å². The fourth-order valence-corrected chi connectivity index (χ4v) is 5.79. The maximum absolute atomic E-state index is 13.4. The van der Waals surface area contributed by atoms with Gasteiger partial charge in [0.1, 0.15) is 0 Å². The van der Waals surface area contributed by atoms with Crippen LogP contribution in [0.25, 0.3) is 10.9 Å². The molecule has 0 bridgehead atoms. The Kier molecular flexibility index (Phi) is 8.05. The third-order valence-electron chi connectivity index (χ3n) is 7.35. The average molecular weight is 569 g/mol. The third kappa shape index (κ3) is 5.38. The van der Waals surface area contributed by atoms with Crippen LogP contribution in [0, 0.1) is 18.8 Å². The Morgan fingerprint density at radius 2 is 1.87 bits per heavy atom. The van der Waals surface area contributed by atoms with Crippen LogP contribution in [-0.2, 0) is 29.2 Å². The minimum Gasteiger partial charge on any atom is -0.466 e. The molecule has 10 heteroatoms. The molecule has 2 aromatic carbocycles. The number of esters is 1. The summed E-state index contributed by atoms with van der Waals surface area (Å²) in [6.45, 7) is 6.43. The number of aromatic nitrogens is 1. The van der Waals surface area contributed by atoms with Gasteiger partial charge in [0.2, 0.25) is 0 Å². The fraction of sp³-hybridized carbons (Fsp3) is 0.429. The molecule has 2 atom stereocenters. The molecule has 1 saturated heterocycles. The lowest BCUT2D eigenvalue weighted by molar-refractivity contribution is -0.151. The summed E-state index contributed by atoms with van der Waals surface area (Å²) in [5.41, 5.74) is 1.78. The smallest absolute Gasteiger partial charge is 0.416 e. The predicted molar refractivity (Wildman–Crippen MR) is 142 cm³/mol. The van der Waals surface area contributed by atoms with Gasteiger partial charge in [-0.2, -0.15) is 13.2 Å². The van der Waals surface area contributed by atoms with Gasteiger partial charge in [-0.1, -0.05) is 30.1 Å². The van der Waals surface area contributed by atoms with E-state index in [1.807, 2.05) is 13.0 Å². The van der Waals surface area contributed by atoms with Crippen LogP contribution in [0.1, 0.15) is 53.0 Å². The van der Waals surface area contributed by atoms with Crippen molar-refractivity contribution in [3.63, 3.8) is 0 Å². The summed E-state index contributed by atoms with van der Waals surface area (Å²) in [4.78, 5) is 27.3. The van der Waals surface area contributed by atoms with Crippen molar-refractivity contribution in [1.29, 1.82) is 0 Å². The Hall–Kier alpha value is -2.71. The number of fused-ring (bicyclic) bond motifs is 1. The van der Waals surface area contributed by atoms with Crippen molar-refractivity contribution < 1.29 is 27.5 Å². The number of ether oxygens (including phenoxy) is 1. The minimum absolute atomic E-state index is 0.0714. The second kappa shape index (κ2) is 10.8. The first-order chi connectivity index (χ1) is 17.8. The topological polar surface area (TPSA) is 51.5 Å². The minimum atomic E-state index is -4.45. The van der Waals surface area contributed by atoms with Crippen LogP contribution in [0.3, 0.4) is 0 Å². The number of likely N-dealkylation sites (tertiary alicyclic amines) is 1. The molecule has 4 rings (SSSR count). The Morgan fingerprint density at radius 3 is 2.50 bits per heavy atom. The van der Waals surface area contributed by atoms with Gasteiger partial charge in [-0.3, -0.25) is 9.59 Å². The van der Waals surface area contributed by atoms with Gasteiger partial charge in [0.05, 0.1) is 28.7 Å². The number of carbonyl (C=O) groups excluding carboxylic acids is 2. The summed E-state index contributed by atoms with van der Waals surface area (Å²) in [5, 5.41) is 1.27. The lowest BCUT2D eigenvalue weighted by atomic mass is 9.86. The fourth-order valence-electron chi connectivity index (χ4n) is 5.20. The van der Waals surface area contributed by atoms with Crippen LogP contribution >= 0.6 is 23.2 Å². The molecule has 1 aliphatic heterocycles. The standard InChI is InChI=1S/C28H29Cl2F3N2O3/c1-5-38-27(37)19-8-9-35(14-16(19)3)26(36)20-6-7-23(29)22(25(20)30)13-18-12-21-15(2)10-17(28(31,32)33)11-24(21)34(18)4/h6-7,10-12,16,19H,5,8-9,13-14H2,1-4H3/t16-,19-/m0/s1. The monoisotopic (exact) mass is 568 g/mol. The molecular formula is C28H29Cl2F3N2O3. The van der Waals surface area contributed by atoms with Gasteiger partial charge >= 0.3 is 12.1 Å². The zero-order chi connectivity index (χ0) is 27.9. The number of hydrogen-bond acceptors (Lipinski definition) is 3. The highest BCUT2D eigenvalue weighted by atomic mass is 35.5. The summed E-state index contributed by atoms with van der Waals surface area (Å²) >= 11 is 13.2. The summed E-state index contributed by atoms with van der Waals surface area (Å²) in [6.07, 6.45) is -3.72. The molecule has 1 aliphatic rings. The number of aryl methyl sites for hydroxylation is 2. The molecule has 0 unspecified atom stereocenters. The van der Waals surface area contributed by atoms with Crippen molar-refractivity contribution in [2.24, 2.45) is 18.9 Å². The van der Waals surface area contributed by atoms with E-state index in [1.54, 1.807) is 42.5 Å². The lowest BCUT2D eigenvalue weighted by Crippen LogP contribution is -2.45. The van der Waals surface area contributed by atoms with E-state index in [2.05, 4.69) is 0 Å². The van der Waals surface area contributed by atoms with Crippen molar-refractivity contribution in [1.82, 2.24) is 9.47 Å². The quantitative estimate of drug-likeness (QED) is 0.309. The molecule has 0 saturated carbocycles. The largest absolute Gasteiger partial charge is 0.466 e. The van der Waals surface area contributed by atoms with Crippen LogP contribution in [0.15, 0.2) is 30.3 Å². The maximum Gasteiger partial charge on any atom is 0.416 e. The van der Waals surface area contributed by atoms with E-state index < -0.39 is 11.7 Å². The van der Waals surface area contributed by atoms with Gasteiger partial charge in [-0.25, -0.2) is 0 Å². The summed E-state index contributed by atoms with van der Waals surface area (Å²) in [5.74, 6) is -0.836. The maximum atomic E-state index is 13.4. The number of piperidine rings is 1. The molecule has 0 aliphatic carbocycles. The first kappa shape index (κ1) is 28.3. The highest BCUT2D eigenvalue weighted by Gasteiger charge is 2.35. The molecule has 0 radical (unpaired) electrons. The van der Waals surface area contributed by atoms with Gasteiger partial charge < -0.3 is 14.2 Å². The zero-order valence-corrected chi connectivity index (χ0v) is 23.1. The summed E-state index contributed by atoms with van der Waals surface area (Å²) in [6, 6.07) is 7.29. The van der Waals surface area contributed by atoms with Crippen LogP contribution in [0.2, 0.25) is 10.0 Å². The molecule has 1 amide bonds. The number of benzene rings is 2. The Bertz CT molecular complexity index is 1400. The Labute approximate surface area is 229 Å². The third-order valence-corrected chi connectivity index (χ3v) is 8.14. The number of alkyl halides is 3.